The third-order valence-corrected chi connectivity index (χ3v) is 4.93. The van der Waals surface area contributed by atoms with Crippen molar-refractivity contribution < 1.29 is 4.92 Å². The van der Waals surface area contributed by atoms with E-state index in [1.807, 2.05) is 49.4 Å². The summed E-state index contributed by atoms with van der Waals surface area (Å²) in [6.07, 6.45) is 2.83. The number of hydrogen-bond donors (Lipinski definition) is 1. The highest BCUT2D eigenvalue weighted by atomic mass is 35.5. The number of nitrogens with zero attached hydrogens (tertiary/aromatic N) is 5. The van der Waals surface area contributed by atoms with Gasteiger partial charge in [0.25, 0.3) is 0 Å². The zero-order valence-corrected chi connectivity index (χ0v) is 16.7. The highest BCUT2D eigenvalue weighted by molar-refractivity contribution is 6.32. The van der Waals surface area contributed by atoms with Crippen molar-refractivity contribution in [1.82, 2.24) is 15.0 Å². The number of fused-ring (bicyclic) bond motifs is 1. The molecule has 9 heteroatoms. The Hall–Kier alpha value is -3.78. The van der Waals surface area contributed by atoms with Crippen molar-refractivity contribution in [2.24, 2.45) is 0 Å². The van der Waals surface area contributed by atoms with E-state index in [4.69, 9.17) is 11.6 Å². The highest BCUT2D eigenvalue weighted by Gasteiger charge is 2.28. The van der Waals surface area contributed by atoms with Crippen molar-refractivity contribution in [1.29, 1.82) is 0 Å². The van der Waals surface area contributed by atoms with Gasteiger partial charge in [-0.1, -0.05) is 48.0 Å². The Morgan fingerprint density at radius 1 is 1.07 bits per heavy atom. The summed E-state index contributed by atoms with van der Waals surface area (Å²) >= 11 is 6.10. The van der Waals surface area contributed by atoms with Crippen LogP contribution in [0.25, 0.3) is 10.8 Å². The standard InChI is InChI=1S/C21H17ClN6O2/c1-2-27(17-11-5-8-14-7-3-4-9-15(14)17)21-18(28(29)30)20(24-13-25-21)26-16-10-6-12-23-19(16)22/h3-13H,2H2,1H3,(H,24,25,26). The second kappa shape index (κ2) is 8.30. The summed E-state index contributed by atoms with van der Waals surface area (Å²) in [7, 11) is 0. The van der Waals surface area contributed by atoms with Gasteiger partial charge in [0.05, 0.1) is 16.3 Å². The van der Waals surface area contributed by atoms with Crippen LogP contribution in [0.3, 0.4) is 0 Å². The van der Waals surface area contributed by atoms with Crippen LogP contribution in [-0.2, 0) is 0 Å². The van der Waals surface area contributed by atoms with Gasteiger partial charge in [-0.05, 0) is 30.5 Å². The van der Waals surface area contributed by atoms with Gasteiger partial charge in [-0.25, -0.2) is 15.0 Å². The van der Waals surface area contributed by atoms with E-state index in [1.54, 1.807) is 17.0 Å². The monoisotopic (exact) mass is 420 g/mol. The molecular formula is C21H17ClN6O2. The van der Waals surface area contributed by atoms with E-state index in [-0.39, 0.29) is 22.5 Å². The minimum absolute atomic E-state index is 0.0404. The Morgan fingerprint density at radius 3 is 2.63 bits per heavy atom. The van der Waals surface area contributed by atoms with Gasteiger partial charge in [0, 0.05) is 18.1 Å². The normalized spacial score (nSPS) is 10.7. The molecule has 4 rings (SSSR count). The number of aromatic nitrogens is 3. The third kappa shape index (κ3) is 3.60. The first kappa shape index (κ1) is 19.5. The Balaban J connectivity index is 1.87. The van der Waals surface area contributed by atoms with E-state index in [1.165, 1.54) is 12.5 Å². The topological polar surface area (TPSA) is 97.1 Å². The number of pyridine rings is 1. The lowest BCUT2D eigenvalue weighted by Gasteiger charge is -2.24. The van der Waals surface area contributed by atoms with Crippen molar-refractivity contribution >= 4 is 51.1 Å². The fourth-order valence-corrected chi connectivity index (χ4v) is 3.48. The largest absolute Gasteiger partial charge is 0.354 e. The van der Waals surface area contributed by atoms with Crippen LogP contribution in [0, 0.1) is 10.1 Å². The van der Waals surface area contributed by atoms with Crippen LogP contribution in [0.15, 0.2) is 67.1 Å². The smallest absolute Gasteiger partial charge is 0.332 e. The number of hydrogen-bond acceptors (Lipinski definition) is 7. The quantitative estimate of drug-likeness (QED) is 0.250. The van der Waals surface area contributed by atoms with E-state index >= 15 is 0 Å². The van der Waals surface area contributed by atoms with Gasteiger partial charge in [0.1, 0.15) is 6.33 Å². The predicted molar refractivity (Wildman–Crippen MR) is 118 cm³/mol. The van der Waals surface area contributed by atoms with Crippen LogP contribution in [-0.4, -0.2) is 26.4 Å². The number of anilines is 4. The van der Waals surface area contributed by atoms with Gasteiger partial charge < -0.3 is 10.2 Å². The molecule has 0 saturated heterocycles. The number of nitrogens with one attached hydrogen (secondary N) is 1. The summed E-state index contributed by atoms with van der Waals surface area (Å²) in [5.41, 5.74) is 0.995. The van der Waals surface area contributed by atoms with Crippen molar-refractivity contribution in [3.63, 3.8) is 0 Å². The summed E-state index contributed by atoms with van der Waals surface area (Å²) in [6, 6.07) is 17.1. The summed E-state index contributed by atoms with van der Waals surface area (Å²) in [5, 5.41) is 17.2. The first-order valence-electron chi connectivity index (χ1n) is 9.22. The molecule has 0 bridgehead atoms. The summed E-state index contributed by atoms with van der Waals surface area (Å²) in [6.45, 7) is 2.39. The number of rotatable bonds is 6. The predicted octanol–water partition coefficient (Wildman–Crippen LogP) is 5.49. The van der Waals surface area contributed by atoms with E-state index in [9.17, 15) is 10.1 Å². The molecule has 0 saturated carbocycles. The average Bonchev–Trinajstić information content (AvgIpc) is 2.76. The maximum absolute atomic E-state index is 12.0. The minimum Gasteiger partial charge on any atom is -0.332 e. The zero-order valence-electron chi connectivity index (χ0n) is 16.0. The summed E-state index contributed by atoms with van der Waals surface area (Å²) < 4.78 is 0. The Labute approximate surface area is 177 Å². The molecular weight excluding hydrogens is 404 g/mol. The van der Waals surface area contributed by atoms with Crippen molar-refractivity contribution in [3.8, 4) is 0 Å². The zero-order chi connectivity index (χ0) is 21.1. The fourth-order valence-electron chi connectivity index (χ4n) is 3.31. The van der Waals surface area contributed by atoms with Crippen LogP contribution in [0.4, 0.5) is 28.7 Å². The SMILES string of the molecule is CCN(c1ncnc(Nc2cccnc2Cl)c1[N+](=O)[O-])c1cccc2ccccc12. The van der Waals surface area contributed by atoms with Crippen LogP contribution in [0.2, 0.25) is 5.15 Å². The van der Waals surface area contributed by atoms with Gasteiger partial charge in [0.2, 0.25) is 11.6 Å². The van der Waals surface area contributed by atoms with Gasteiger partial charge >= 0.3 is 5.69 Å². The Morgan fingerprint density at radius 2 is 1.87 bits per heavy atom. The molecule has 150 valence electrons. The molecule has 0 atom stereocenters. The molecule has 2 heterocycles. The maximum Gasteiger partial charge on any atom is 0.354 e. The van der Waals surface area contributed by atoms with Crippen molar-refractivity contribution in [2.75, 3.05) is 16.8 Å². The molecule has 2 aromatic carbocycles. The van der Waals surface area contributed by atoms with E-state index in [2.05, 4.69) is 20.3 Å². The molecule has 0 spiro atoms. The molecule has 4 aromatic rings. The molecule has 0 amide bonds. The third-order valence-electron chi connectivity index (χ3n) is 4.63. The van der Waals surface area contributed by atoms with Crippen LogP contribution < -0.4 is 10.2 Å². The van der Waals surface area contributed by atoms with Gasteiger partial charge in [-0.15, -0.1) is 0 Å². The fraction of sp³-hybridized carbons (Fsp3) is 0.0952. The molecule has 30 heavy (non-hydrogen) atoms. The Bertz CT molecular complexity index is 1230. The molecule has 0 unspecified atom stereocenters. The lowest BCUT2D eigenvalue weighted by molar-refractivity contribution is -0.383. The molecule has 0 fully saturated rings. The Kier molecular flexibility index (Phi) is 5.40. The van der Waals surface area contributed by atoms with Crippen LogP contribution in [0.5, 0.6) is 0 Å². The van der Waals surface area contributed by atoms with Gasteiger partial charge in [-0.2, -0.15) is 0 Å². The first-order valence-corrected chi connectivity index (χ1v) is 9.60. The lowest BCUT2D eigenvalue weighted by atomic mass is 10.1. The molecule has 1 N–H and O–H groups in total. The van der Waals surface area contributed by atoms with Crippen LogP contribution >= 0.6 is 11.6 Å². The van der Waals surface area contributed by atoms with Crippen LogP contribution in [0.1, 0.15) is 6.92 Å². The van der Waals surface area contributed by atoms with E-state index < -0.39 is 4.92 Å². The highest BCUT2D eigenvalue weighted by Crippen LogP contribution is 2.39. The van der Waals surface area contributed by atoms with Gasteiger partial charge in [0.15, 0.2) is 5.15 Å². The molecule has 0 aliphatic carbocycles. The van der Waals surface area contributed by atoms with Crippen molar-refractivity contribution in [2.45, 2.75) is 6.92 Å². The van der Waals surface area contributed by atoms with Gasteiger partial charge in [-0.3, -0.25) is 10.1 Å². The first-order chi connectivity index (χ1) is 14.6. The summed E-state index contributed by atoms with van der Waals surface area (Å²) in [5.74, 6) is 0.231. The van der Waals surface area contributed by atoms with E-state index in [0.717, 1.165) is 16.5 Å². The average molecular weight is 421 g/mol. The molecule has 0 aliphatic rings. The lowest BCUT2D eigenvalue weighted by Crippen LogP contribution is -2.20. The second-order valence-electron chi connectivity index (χ2n) is 6.36. The van der Waals surface area contributed by atoms with E-state index in [0.29, 0.717) is 12.2 Å². The van der Waals surface area contributed by atoms with Crippen molar-refractivity contribution in [3.05, 3.63) is 82.4 Å². The molecule has 8 nitrogen and oxygen atoms in total. The summed E-state index contributed by atoms with van der Waals surface area (Å²) in [4.78, 5) is 25.7. The number of nitro groups is 1. The molecule has 2 aromatic heterocycles. The number of benzene rings is 2. The number of halogens is 1. The molecule has 0 aliphatic heterocycles. The second-order valence-corrected chi connectivity index (χ2v) is 6.72. The maximum atomic E-state index is 12.0. The molecule has 0 radical (unpaired) electrons. The minimum atomic E-state index is -0.490.